The molecule has 0 radical (unpaired) electrons. The molecular formula is C22H19FN4O3. The van der Waals surface area contributed by atoms with Crippen molar-refractivity contribution >= 4 is 22.4 Å². The van der Waals surface area contributed by atoms with E-state index in [2.05, 4.69) is 20.3 Å². The van der Waals surface area contributed by atoms with Crippen LogP contribution in [0.3, 0.4) is 0 Å². The predicted molar refractivity (Wildman–Crippen MR) is 111 cm³/mol. The number of ketones is 1. The SMILES string of the molecule is COc1cccc(NC(C(=O)c2c[nH]c3cc(F)ccc23)c2cnc(OC)cn2)c1. The van der Waals surface area contributed by atoms with Crippen LogP contribution in [0.1, 0.15) is 22.1 Å². The van der Waals surface area contributed by atoms with E-state index in [4.69, 9.17) is 9.47 Å². The number of benzene rings is 2. The number of fused-ring (bicyclic) bond motifs is 1. The molecule has 2 aromatic carbocycles. The lowest BCUT2D eigenvalue weighted by molar-refractivity contribution is 0.0969. The molecule has 2 aromatic heterocycles. The van der Waals surface area contributed by atoms with E-state index in [9.17, 15) is 9.18 Å². The van der Waals surface area contributed by atoms with E-state index < -0.39 is 6.04 Å². The van der Waals surface area contributed by atoms with Crippen molar-refractivity contribution in [1.82, 2.24) is 15.0 Å². The number of aromatic amines is 1. The van der Waals surface area contributed by atoms with Crippen LogP contribution in [0.15, 0.2) is 61.1 Å². The summed E-state index contributed by atoms with van der Waals surface area (Å²) in [5.41, 5.74) is 2.05. The Hall–Kier alpha value is -3.94. The van der Waals surface area contributed by atoms with Crippen LogP contribution in [-0.2, 0) is 0 Å². The number of carbonyl (C=O) groups excluding carboxylic acids is 1. The molecule has 1 unspecified atom stereocenters. The van der Waals surface area contributed by atoms with Gasteiger partial charge in [0.2, 0.25) is 5.88 Å². The van der Waals surface area contributed by atoms with Gasteiger partial charge in [-0.1, -0.05) is 6.07 Å². The highest BCUT2D eigenvalue weighted by atomic mass is 19.1. The molecule has 2 heterocycles. The Kier molecular flexibility index (Phi) is 5.30. The number of nitrogens with zero attached hydrogens (tertiary/aromatic N) is 2. The van der Waals surface area contributed by atoms with Crippen molar-refractivity contribution in [3.63, 3.8) is 0 Å². The minimum Gasteiger partial charge on any atom is -0.497 e. The number of H-pyrrole nitrogens is 1. The molecule has 0 fully saturated rings. The molecule has 0 saturated carbocycles. The minimum atomic E-state index is -0.834. The van der Waals surface area contributed by atoms with Gasteiger partial charge >= 0.3 is 0 Å². The van der Waals surface area contributed by atoms with Gasteiger partial charge in [0, 0.05) is 34.4 Å². The van der Waals surface area contributed by atoms with Crippen LogP contribution in [0.4, 0.5) is 10.1 Å². The number of aromatic nitrogens is 3. The lowest BCUT2D eigenvalue weighted by Gasteiger charge is -2.18. The molecule has 152 valence electrons. The van der Waals surface area contributed by atoms with Gasteiger partial charge in [0.1, 0.15) is 17.6 Å². The first kappa shape index (κ1) is 19.4. The van der Waals surface area contributed by atoms with Gasteiger partial charge in [-0.3, -0.25) is 9.78 Å². The van der Waals surface area contributed by atoms with Crippen molar-refractivity contribution in [2.45, 2.75) is 6.04 Å². The van der Waals surface area contributed by atoms with E-state index in [0.29, 0.717) is 39.5 Å². The number of anilines is 1. The highest BCUT2D eigenvalue weighted by Gasteiger charge is 2.26. The van der Waals surface area contributed by atoms with Crippen molar-refractivity contribution in [3.05, 3.63) is 78.1 Å². The van der Waals surface area contributed by atoms with Gasteiger partial charge in [0.15, 0.2) is 5.78 Å². The summed E-state index contributed by atoms with van der Waals surface area (Å²) in [6.45, 7) is 0. The number of hydrogen-bond acceptors (Lipinski definition) is 6. The Labute approximate surface area is 171 Å². The van der Waals surface area contributed by atoms with Gasteiger partial charge in [-0.15, -0.1) is 0 Å². The molecule has 0 saturated heterocycles. The van der Waals surface area contributed by atoms with Crippen molar-refractivity contribution < 1.29 is 18.7 Å². The Bertz CT molecular complexity index is 1190. The van der Waals surface area contributed by atoms with Gasteiger partial charge in [-0.05, 0) is 30.3 Å². The van der Waals surface area contributed by atoms with E-state index in [1.54, 1.807) is 25.4 Å². The number of methoxy groups -OCH3 is 2. The van der Waals surface area contributed by atoms with Crippen molar-refractivity contribution in [2.75, 3.05) is 19.5 Å². The van der Waals surface area contributed by atoms with Crippen LogP contribution < -0.4 is 14.8 Å². The fourth-order valence-electron chi connectivity index (χ4n) is 3.19. The van der Waals surface area contributed by atoms with Gasteiger partial charge in [0.05, 0.1) is 32.3 Å². The van der Waals surface area contributed by atoms with E-state index in [1.165, 1.54) is 31.6 Å². The summed E-state index contributed by atoms with van der Waals surface area (Å²) in [7, 11) is 3.06. The summed E-state index contributed by atoms with van der Waals surface area (Å²) in [5.74, 6) is 0.369. The summed E-state index contributed by atoms with van der Waals surface area (Å²) in [5, 5.41) is 3.84. The average Bonchev–Trinajstić information content (AvgIpc) is 3.20. The summed E-state index contributed by atoms with van der Waals surface area (Å²) < 4.78 is 23.9. The van der Waals surface area contributed by atoms with Crippen molar-refractivity contribution in [2.24, 2.45) is 0 Å². The molecule has 0 aliphatic heterocycles. The number of ether oxygens (including phenoxy) is 2. The lowest BCUT2D eigenvalue weighted by Crippen LogP contribution is -2.22. The summed E-state index contributed by atoms with van der Waals surface area (Å²) in [6.07, 6.45) is 4.51. The van der Waals surface area contributed by atoms with E-state index in [1.807, 2.05) is 18.2 Å². The Morgan fingerprint density at radius 1 is 1.10 bits per heavy atom. The fourth-order valence-corrected chi connectivity index (χ4v) is 3.19. The molecule has 0 aliphatic carbocycles. The quantitative estimate of drug-likeness (QED) is 0.448. The summed E-state index contributed by atoms with van der Waals surface area (Å²) >= 11 is 0. The number of halogens is 1. The first-order valence-corrected chi connectivity index (χ1v) is 9.16. The third kappa shape index (κ3) is 3.80. The number of hydrogen-bond donors (Lipinski definition) is 2. The van der Waals surface area contributed by atoms with Crippen LogP contribution in [0, 0.1) is 5.82 Å². The molecule has 0 amide bonds. The van der Waals surface area contributed by atoms with Crippen LogP contribution in [-0.4, -0.2) is 35.0 Å². The Morgan fingerprint density at radius 3 is 2.70 bits per heavy atom. The van der Waals surface area contributed by atoms with Crippen LogP contribution in [0.5, 0.6) is 11.6 Å². The van der Waals surface area contributed by atoms with Crippen LogP contribution >= 0.6 is 0 Å². The monoisotopic (exact) mass is 406 g/mol. The smallest absolute Gasteiger partial charge is 0.231 e. The maximum Gasteiger partial charge on any atom is 0.231 e. The molecule has 4 aromatic rings. The van der Waals surface area contributed by atoms with Crippen LogP contribution in [0.2, 0.25) is 0 Å². The highest BCUT2D eigenvalue weighted by Crippen LogP contribution is 2.28. The van der Waals surface area contributed by atoms with E-state index in [0.717, 1.165) is 0 Å². The third-order valence-corrected chi connectivity index (χ3v) is 4.71. The normalized spacial score (nSPS) is 11.8. The van der Waals surface area contributed by atoms with E-state index in [-0.39, 0.29) is 11.6 Å². The summed E-state index contributed by atoms with van der Waals surface area (Å²) in [6, 6.07) is 10.6. The molecule has 7 nitrogen and oxygen atoms in total. The second-order valence-corrected chi connectivity index (χ2v) is 6.55. The predicted octanol–water partition coefficient (Wildman–Crippen LogP) is 4.15. The van der Waals surface area contributed by atoms with Crippen molar-refractivity contribution in [1.29, 1.82) is 0 Å². The van der Waals surface area contributed by atoms with Crippen molar-refractivity contribution in [3.8, 4) is 11.6 Å². The average molecular weight is 406 g/mol. The Balaban J connectivity index is 1.75. The molecular weight excluding hydrogens is 387 g/mol. The summed E-state index contributed by atoms with van der Waals surface area (Å²) in [4.78, 5) is 25.0. The zero-order valence-corrected chi connectivity index (χ0v) is 16.3. The molecule has 2 N–H and O–H groups in total. The van der Waals surface area contributed by atoms with Crippen LogP contribution in [0.25, 0.3) is 10.9 Å². The fraction of sp³-hybridized carbons (Fsp3) is 0.136. The largest absolute Gasteiger partial charge is 0.497 e. The third-order valence-electron chi connectivity index (χ3n) is 4.71. The van der Waals surface area contributed by atoms with Gasteiger partial charge in [-0.25, -0.2) is 9.37 Å². The maximum absolute atomic E-state index is 13.5. The van der Waals surface area contributed by atoms with Gasteiger partial charge in [0.25, 0.3) is 0 Å². The maximum atomic E-state index is 13.5. The van der Waals surface area contributed by atoms with Gasteiger partial charge in [-0.2, -0.15) is 0 Å². The first-order chi connectivity index (χ1) is 14.6. The molecule has 0 spiro atoms. The zero-order valence-electron chi connectivity index (χ0n) is 16.3. The molecule has 0 bridgehead atoms. The molecule has 0 aliphatic rings. The second kappa shape index (κ2) is 8.20. The number of Topliss-reactive ketones (excluding diaryl/α,β-unsaturated/α-hetero) is 1. The number of carbonyl (C=O) groups is 1. The molecule has 4 rings (SSSR count). The zero-order chi connectivity index (χ0) is 21.1. The molecule has 8 heteroatoms. The standard InChI is InChI=1S/C22H19FN4O3/c1-29-15-5-3-4-14(9-15)27-21(19-11-26-20(30-2)12-25-19)22(28)17-10-24-18-8-13(23)6-7-16(17)18/h3-12,21,24,27H,1-2H3. The van der Waals surface area contributed by atoms with E-state index >= 15 is 0 Å². The Morgan fingerprint density at radius 2 is 1.97 bits per heavy atom. The minimum absolute atomic E-state index is 0.241. The lowest BCUT2D eigenvalue weighted by atomic mass is 10.0. The molecule has 30 heavy (non-hydrogen) atoms. The first-order valence-electron chi connectivity index (χ1n) is 9.16. The second-order valence-electron chi connectivity index (χ2n) is 6.55. The topological polar surface area (TPSA) is 89.1 Å². The molecule has 1 atom stereocenters. The highest BCUT2D eigenvalue weighted by molar-refractivity contribution is 6.11. The van der Waals surface area contributed by atoms with Gasteiger partial charge < -0.3 is 19.8 Å². The number of nitrogens with one attached hydrogen (secondary N) is 2. The number of rotatable bonds is 7.